The van der Waals surface area contributed by atoms with Crippen LogP contribution >= 0.6 is 0 Å². The summed E-state index contributed by atoms with van der Waals surface area (Å²) in [6.07, 6.45) is 2.01. The van der Waals surface area contributed by atoms with Crippen molar-refractivity contribution in [3.05, 3.63) is 29.3 Å². The van der Waals surface area contributed by atoms with Crippen molar-refractivity contribution < 1.29 is 28.7 Å². The van der Waals surface area contributed by atoms with Gasteiger partial charge in [-0.1, -0.05) is 0 Å². The largest absolute Gasteiger partial charge is 0.444 e. The van der Waals surface area contributed by atoms with E-state index in [1.54, 1.807) is 23.1 Å². The lowest BCUT2D eigenvalue weighted by atomic mass is 9.58. The molecule has 3 fully saturated rings. The zero-order valence-electron chi connectivity index (χ0n) is 20.2. The molecule has 1 aromatic carbocycles. The number of hydrogen-bond donors (Lipinski definition) is 2. The topological polar surface area (TPSA) is 125 Å². The Morgan fingerprint density at radius 1 is 1.11 bits per heavy atom. The van der Waals surface area contributed by atoms with Gasteiger partial charge in [0, 0.05) is 37.2 Å². The van der Waals surface area contributed by atoms with Gasteiger partial charge in [0.15, 0.2) is 0 Å². The third-order valence-corrected chi connectivity index (χ3v) is 7.18. The summed E-state index contributed by atoms with van der Waals surface area (Å²) in [5.74, 6) is -1.57. The molecule has 1 atom stereocenters. The average Bonchev–Trinajstić information content (AvgIpc) is 2.94. The summed E-state index contributed by atoms with van der Waals surface area (Å²) in [5.41, 5.74) is 0.963. The lowest BCUT2D eigenvalue weighted by Gasteiger charge is -2.58. The number of benzene rings is 1. The van der Waals surface area contributed by atoms with Crippen LogP contribution in [0.15, 0.2) is 18.2 Å². The number of fused-ring (bicyclic) bond motifs is 1. The van der Waals surface area contributed by atoms with Gasteiger partial charge in [-0.2, -0.15) is 0 Å². The number of hydrogen-bond acceptors (Lipinski definition) is 7. The quantitative estimate of drug-likeness (QED) is 0.630. The summed E-state index contributed by atoms with van der Waals surface area (Å²) in [7, 11) is 0. The third-order valence-electron chi connectivity index (χ3n) is 7.18. The van der Waals surface area contributed by atoms with E-state index in [1.165, 1.54) is 0 Å². The number of anilines is 1. The Bertz CT molecular complexity index is 1130. The van der Waals surface area contributed by atoms with E-state index in [1.807, 2.05) is 20.8 Å². The van der Waals surface area contributed by atoms with Gasteiger partial charge < -0.3 is 15.0 Å². The summed E-state index contributed by atoms with van der Waals surface area (Å²) in [6, 6.07) is 4.06. The zero-order chi connectivity index (χ0) is 25.1. The van der Waals surface area contributed by atoms with Crippen LogP contribution < -0.4 is 10.6 Å². The summed E-state index contributed by atoms with van der Waals surface area (Å²) >= 11 is 0. The Morgan fingerprint density at radius 3 is 2.46 bits per heavy atom. The molecule has 3 aliphatic heterocycles. The Morgan fingerprint density at radius 2 is 1.80 bits per heavy atom. The molecule has 1 unspecified atom stereocenters. The molecule has 1 saturated carbocycles. The number of nitrogens with zero attached hydrogens (tertiary/aromatic N) is 2. The normalized spacial score (nSPS) is 23.6. The molecule has 1 spiro atoms. The molecule has 3 heterocycles. The molecule has 1 aromatic rings. The number of ether oxygens (including phenoxy) is 1. The monoisotopic (exact) mass is 482 g/mol. The molecule has 5 rings (SSSR count). The van der Waals surface area contributed by atoms with Gasteiger partial charge in [0.05, 0.1) is 11.1 Å². The maximum Gasteiger partial charge on any atom is 0.410 e. The van der Waals surface area contributed by atoms with Gasteiger partial charge in [-0.3, -0.25) is 29.4 Å². The van der Waals surface area contributed by atoms with Gasteiger partial charge in [0.25, 0.3) is 11.8 Å². The number of imide groups is 2. The Labute approximate surface area is 203 Å². The second-order valence-corrected chi connectivity index (χ2v) is 11.2. The standard InChI is InChI=1S/C25H30N4O6/c1-24(2,3)35-23(34)28-12-25(13-28)9-14(10-25)11-26-15-4-5-16-17(8-15)22(33)29(21(16)32)18-6-7-19(30)27-20(18)31/h4-5,8,14,18,26H,6-7,9-13H2,1-3H3,(H,27,30,31). The average molecular weight is 483 g/mol. The molecule has 10 nitrogen and oxygen atoms in total. The van der Waals surface area contributed by atoms with Crippen LogP contribution in [0, 0.1) is 11.3 Å². The van der Waals surface area contributed by atoms with Crippen molar-refractivity contribution >= 4 is 35.4 Å². The van der Waals surface area contributed by atoms with Crippen molar-refractivity contribution in [2.45, 2.75) is 58.1 Å². The molecule has 0 aromatic heterocycles. The number of rotatable bonds is 4. The molecule has 186 valence electrons. The van der Waals surface area contributed by atoms with Crippen LogP contribution in [0.1, 0.15) is 67.2 Å². The van der Waals surface area contributed by atoms with E-state index in [9.17, 15) is 24.0 Å². The molecule has 10 heteroatoms. The molecular weight excluding hydrogens is 452 g/mol. The molecule has 2 N–H and O–H groups in total. The summed E-state index contributed by atoms with van der Waals surface area (Å²) in [6.45, 7) is 7.76. The van der Waals surface area contributed by atoms with Crippen molar-refractivity contribution in [3.8, 4) is 0 Å². The Balaban J connectivity index is 1.14. The number of amides is 5. The Hall–Kier alpha value is -3.43. The van der Waals surface area contributed by atoms with Crippen LogP contribution in [0.2, 0.25) is 0 Å². The highest BCUT2D eigenvalue weighted by atomic mass is 16.6. The maximum absolute atomic E-state index is 13.0. The highest BCUT2D eigenvalue weighted by molar-refractivity contribution is 6.23. The molecular formula is C25H30N4O6. The first-order chi connectivity index (χ1) is 16.4. The number of nitrogens with one attached hydrogen (secondary N) is 2. The molecule has 0 bridgehead atoms. The second-order valence-electron chi connectivity index (χ2n) is 11.2. The maximum atomic E-state index is 13.0. The van der Waals surface area contributed by atoms with Gasteiger partial charge >= 0.3 is 6.09 Å². The fourth-order valence-corrected chi connectivity index (χ4v) is 5.63. The smallest absolute Gasteiger partial charge is 0.410 e. The number of carbonyl (C=O) groups excluding carboxylic acids is 5. The van der Waals surface area contributed by atoms with Crippen LogP contribution in [0.5, 0.6) is 0 Å². The lowest BCUT2D eigenvalue weighted by Crippen LogP contribution is -2.64. The molecule has 2 saturated heterocycles. The molecule has 4 aliphatic rings. The van der Waals surface area contributed by atoms with E-state index in [0.717, 1.165) is 43.1 Å². The van der Waals surface area contributed by atoms with E-state index in [0.29, 0.717) is 5.92 Å². The molecule has 35 heavy (non-hydrogen) atoms. The minimum Gasteiger partial charge on any atom is -0.444 e. The number of piperidine rings is 1. The zero-order valence-corrected chi connectivity index (χ0v) is 20.2. The summed E-state index contributed by atoms with van der Waals surface area (Å²) < 4.78 is 5.43. The second kappa shape index (κ2) is 8.07. The van der Waals surface area contributed by atoms with E-state index in [2.05, 4.69) is 10.6 Å². The predicted octanol–water partition coefficient (Wildman–Crippen LogP) is 2.15. The van der Waals surface area contributed by atoms with E-state index < -0.39 is 35.3 Å². The molecule has 1 aliphatic carbocycles. The highest BCUT2D eigenvalue weighted by Crippen LogP contribution is 2.52. The third kappa shape index (κ3) is 4.26. The summed E-state index contributed by atoms with van der Waals surface area (Å²) in [5, 5.41) is 5.56. The van der Waals surface area contributed by atoms with Crippen LogP contribution in [0.4, 0.5) is 10.5 Å². The van der Waals surface area contributed by atoms with E-state index in [-0.39, 0.29) is 35.5 Å². The van der Waals surface area contributed by atoms with Crippen molar-refractivity contribution in [3.63, 3.8) is 0 Å². The fourth-order valence-electron chi connectivity index (χ4n) is 5.63. The first-order valence-corrected chi connectivity index (χ1v) is 12.0. The van der Waals surface area contributed by atoms with Crippen molar-refractivity contribution in [1.82, 2.24) is 15.1 Å². The van der Waals surface area contributed by atoms with Gasteiger partial charge in [0.1, 0.15) is 11.6 Å². The van der Waals surface area contributed by atoms with Gasteiger partial charge in [-0.05, 0) is 64.2 Å². The fraction of sp³-hybridized carbons (Fsp3) is 0.560. The SMILES string of the molecule is CC(C)(C)OC(=O)N1CC2(CC(CNc3ccc4c(c3)C(=O)N(C3CCC(=O)NC3=O)C4=O)C2)C1. The van der Waals surface area contributed by atoms with Gasteiger partial charge in [0.2, 0.25) is 11.8 Å². The minimum absolute atomic E-state index is 0.0923. The minimum atomic E-state index is -0.967. The Kier molecular flexibility index (Phi) is 5.37. The van der Waals surface area contributed by atoms with Gasteiger partial charge in [-0.15, -0.1) is 0 Å². The van der Waals surface area contributed by atoms with Crippen molar-refractivity contribution in [2.75, 3.05) is 25.0 Å². The van der Waals surface area contributed by atoms with Gasteiger partial charge in [-0.25, -0.2) is 4.79 Å². The van der Waals surface area contributed by atoms with E-state index >= 15 is 0 Å². The van der Waals surface area contributed by atoms with Crippen LogP contribution in [0.25, 0.3) is 0 Å². The van der Waals surface area contributed by atoms with Crippen LogP contribution in [-0.2, 0) is 14.3 Å². The predicted molar refractivity (Wildman–Crippen MR) is 125 cm³/mol. The molecule has 5 amide bonds. The summed E-state index contributed by atoms with van der Waals surface area (Å²) in [4.78, 5) is 64.3. The van der Waals surface area contributed by atoms with Crippen LogP contribution in [0.3, 0.4) is 0 Å². The lowest BCUT2D eigenvalue weighted by molar-refractivity contribution is -0.136. The first kappa shape index (κ1) is 23.3. The molecule has 0 radical (unpaired) electrons. The number of likely N-dealkylation sites (tertiary alicyclic amines) is 1. The highest BCUT2D eigenvalue weighted by Gasteiger charge is 2.54. The first-order valence-electron chi connectivity index (χ1n) is 12.0. The van der Waals surface area contributed by atoms with Crippen LogP contribution in [-0.4, -0.2) is 70.8 Å². The van der Waals surface area contributed by atoms with Crippen molar-refractivity contribution in [1.29, 1.82) is 0 Å². The van der Waals surface area contributed by atoms with E-state index in [4.69, 9.17) is 4.74 Å². The van der Waals surface area contributed by atoms with Crippen molar-refractivity contribution in [2.24, 2.45) is 11.3 Å². The number of carbonyl (C=O) groups is 5.